The molecule has 2 aromatic rings. The summed E-state index contributed by atoms with van der Waals surface area (Å²) < 4.78 is 5.40. The highest BCUT2D eigenvalue weighted by molar-refractivity contribution is 5.92. The van der Waals surface area contributed by atoms with Crippen molar-refractivity contribution in [1.82, 2.24) is 15.5 Å². The highest BCUT2D eigenvalue weighted by atomic mass is 16.6. The maximum absolute atomic E-state index is 14.1. The van der Waals surface area contributed by atoms with Crippen LogP contribution in [0.4, 0.5) is 4.79 Å². The van der Waals surface area contributed by atoms with Crippen LogP contribution in [0.5, 0.6) is 5.75 Å². The molecule has 208 valence electrons. The molecule has 2 rings (SSSR count). The summed E-state index contributed by atoms with van der Waals surface area (Å²) in [5, 5.41) is 25.2. The van der Waals surface area contributed by atoms with Gasteiger partial charge in [-0.2, -0.15) is 0 Å². The van der Waals surface area contributed by atoms with Crippen molar-refractivity contribution in [2.75, 3.05) is 13.2 Å². The lowest BCUT2D eigenvalue weighted by atomic mass is 9.98. The van der Waals surface area contributed by atoms with Gasteiger partial charge < -0.3 is 30.5 Å². The maximum atomic E-state index is 14.1. The number of phenols is 1. The molecule has 0 spiro atoms. The second-order valence-corrected chi connectivity index (χ2v) is 11.4. The van der Waals surface area contributed by atoms with Gasteiger partial charge in [-0.15, -0.1) is 0 Å². The molecule has 0 aliphatic heterocycles. The minimum absolute atomic E-state index is 0.0667. The number of carbonyl (C=O) groups is 3. The number of benzene rings is 2. The number of hydrogen-bond donors (Lipinski definition) is 4. The first kappa shape index (κ1) is 30.6. The number of aromatic hydroxyl groups is 1. The van der Waals surface area contributed by atoms with Crippen LogP contribution in [0.1, 0.15) is 64.3 Å². The monoisotopic (exact) mass is 527 g/mol. The van der Waals surface area contributed by atoms with Crippen LogP contribution in [0.15, 0.2) is 48.5 Å². The zero-order chi connectivity index (χ0) is 28.7. The van der Waals surface area contributed by atoms with E-state index >= 15 is 0 Å². The van der Waals surface area contributed by atoms with Crippen molar-refractivity contribution >= 4 is 17.9 Å². The number of phenolic OH excluding ortho intramolecular Hbond substituents is 1. The number of aliphatic hydroxyl groups excluding tert-OH is 1. The summed E-state index contributed by atoms with van der Waals surface area (Å²) in [6.45, 7) is 12.0. The minimum Gasteiger partial charge on any atom is -0.508 e. The van der Waals surface area contributed by atoms with Crippen LogP contribution in [0.3, 0.4) is 0 Å². The van der Waals surface area contributed by atoms with Gasteiger partial charge in [-0.25, -0.2) is 4.79 Å². The molecule has 2 atom stereocenters. The number of nitrogens with one attached hydrogen (secondary N) is 2. The van der Waals surface area contributed by atoms with Gasteiger partial charge in [0, 0.05) is 18.5 Å². The first-order valence-corrected chi connectivity index (χ1v) is 12.7. The summed E-state index contributed by atoms with van der Waals surface area (Å²) >= 11 is 0. The zero-order valence-electron chi connectivity index (χ0n) is 23.4. The van der Waals surface area contributed by atoms with E-state index in [0.717, 1.165) is 5.56 Å². The maximum Gasteiger partial charge on any atom is 0.408 e. The van der Waals surface area contributed by atoms with Crippen molar-refractivity contribution in [2.24, 2.45) is 0 Å². The fourth-order valence-corrected chi connectivity index (χ4v) is 3.94. The van der Waals surface area contributed by atoms with E-state index in [1.807, 2.05) is 39.8 Å². The number of amides is 3. The molecule has 2 aromatic carbocycles. The molecule has 9 nitrogen and oxygen atoms in total. The third-order valence-corrected chi connectivity index (χ3v) is 5.41. The largest absolute Gasteiger partial charge is 0.508 e. The van der Waals surface area contributed by atoms with Crippen molar-refractivity contribution < 1.29 is 29.3 Å². The van der Waals surface area contributed by atoms with Crippen molar-refractivity contribution in [3.63, 3.8) is 0 Å². The molecule has 0 heterocycles. The molecule has 0 fully saturated rings. The van der Waals surface area contributed by atoms with Crippen LogP contribution in [0.2, 0.25) is 0 Å². The molecule has 38 heavy (non-hydrogen) atoms. The molecule has 0 bridgehead atoms. The third kappa shape index (κ3) is 9.70. The first-order chi connectivity index (χ1) is 17.6. The van der Waals surface area contributed by atoms with E-state index in [1.165, 1.54) is 17.0 Å². The van der Waals surface area contributed by atoms with Crippen molar-refractivity contribution in [1.29, 1.82) is 0 Å². The Bertz CT molecular complexity index is 1100. The number of hydrogen-bond acceptors (Lipinski definition) is 6. The van der Waals surface area contributed by atoms with Crippen LogP contribution in [-0.2, 0) is 20.7 Å². The van der Waals surface area contributed by atoms with Gasteiger partial charge in [-0.3, -0.25) is 9.59 Å². The van der Waals surface area contributed by atoms with Crippen molar-refractivity contribution in [3.05, 3.63) is 65.2 Å². The van der Waals surface area contributed by atoms with Crippen LogP contribution < -0.4 is 10.6 Å². The molecule has 0 saturated carbocycles. The Balaban J connectivity index is 2.54. The number of aryl methyl sites for hydroxylation is 1. The highest BCUT2D eigenvalue weighted by Gasteiger charge is 2.37. The Morgan fingerprint density at radius 1 is 1.00 bits per heavy atom. The second-order valence-electron chi connectivity index (χ2n) is 11.4. The van der Waals surface area contributed by atoms with Gasteiger partial charge in [0.15, 0.2) is 0 Å². The highest BCUT2D eigenvalue weighted by Crippen LogP contribution is 2.25. The van der Waals surface area contributed by atoms with E-state index in [9.17, 15) is 24.6 Å². The van der Waals surface area contributed by atoms with Gasteiger partial charge >= 0.3 is 6.09 Å². The lowest BCUT2D eigenvalue weighted by Crippen LogP contribution is -2.55. The number of ether oxygens (including phenoxy) is 1. The molecule has 0 saturated heterocycles. The molecule has 0 aromatic heterocycles. The molecular formula is C29H41N3O6. The predicted octanol–water partition coefficient (Wildman–Crippen LogP) is 3.61. The molecule has 2 unspecified atom stereocenters. The third-order valence-electron chi connectivity index (χ3n) is 5.41. The van der Waals surface area contributed by atoms with E-state index in [1.54, 1.807) is 45.0 Å². The number of rotatable bonds is 9. The second kappa shape index (κ2) is 12.8. The van der Waals surface area contributed by atoms with Crippen LogP contribution >= 0.6 is 0 Å². The molecule has 3 amide bonds. The Labute approximate surface area is 225 Å². The lowest BCUT2D eigenvalue weighted by molar-refractivity contribution is -0.143. The molecule has 9 heteroatoms. The Morgan fingerprint density at radius 3 is 2.16 bits per heavy atom. The zero-order valence-corrected chi connectivity index (χ0v) is 23.4. The summed E-state index contributed by atoms with van der Waals surface area (Å²) in [7, 11) is 0. The Hall–Kier alpha value is -3.59. The van der Waals surface area contributed by atoms with E-state index in [-0.39, 0.29) is 18.7 Å². The molecular weight excluding hydrogens is 486 g/mol. The fraction of sp³-hybridized carbons (Fsp3) is 0.483. The molecule has 0 aliphatic carbocycles. The van der Waals surface area contributed by atoms with Crippen molar-refractivity contribution in [2.45, 2.75) is 78.1 Å². The average Bonchev–Trinajstić information content (AvgIpc) is 2.77. The smallest absolute Gasteiger partial charge is 0.408 e. The van der Waals surface area contributed by atoms with Gasteiger partial charge in [-0.05, 0) is 71.7 Å². The molecule has 0 aliphatic rings. The van der Waals surface area contributed by atoms with Gasteiger partial charge in [0.2, 0.25) is 11.8 Å². The quantitative estimate of drug-likeness (QED) is 0.394. The topological polar surface area (TPSA) is 128 Å². The molecule has 4 N–H and O–H groups in total. The Kier molecular flexibility index (Phi) is 10.3. The fourth-order valence-electron chi connectivity index (χ4n) is 3.94. The summed E-state index contributed by atoms with van der Waals surface area (Å²) in [6, 6.07) is 11.4. The number of aliphatic hydroxyl groups is 1. The average molecular weight is 528 g/mol. The van der Waals surface area contributed by atoms with Gasteiger partial charge in [0.05, 0.1) is 6.61 Å². The summed E-state index contributed by atoms with van der Waals surface area (Å²) in [5.74, 6) is -0.906. The van der Waals surface area contributed by atoms with Crippen LogP contribution in [-0.4, -0.2) is 63.4 Å². The SMILES string of the molecule is Cc1cccc(C(C(=O)NC(C)(C)C)N(CCO)C(=O)C(Cc2ccc(O)cc2)NC(=O)OC(C)(C)C)c1. The van der Waals surface area contributed by atoms with E-state index in [2.05, 4.69) is 10.6 Å². The number of carbonyl (C=O) groups excluding carboxylic acids is 3. The summed E-state index contributed by atoms with van der Waals surface area (Å²) in [5.41, 5.74) is 0.784. The predicted molar refractivity (Wildman–Crippen MR) is 146 cm³/mol. The molecule has 0 radical (unpaired) electrons. The number of alkyl carbamates (subject to hydrolysis) is 1. The standard InChI is InChI=1S/C29H41N3O6/c1-19-9-8-10-21(17-19)24(25(35)31-28(2,3)4)32(15-16-33)26(36)23(30-27(37)38-29(5,6)7)18-20-11-13-22(34)14-12-20/h8-14,17,23-24,33-34H,15-16,18H2,1-7H3,(H,30,37)(H,31,35). The van der Waals surface area contributed by atoms with Crippen LogP contribution in [0.25, 0.3) is 0 Å². The normalized spacial score (nSPS) is 13.3. The van der Waals surface area contributed by atoms with Crippen LogP contribution in [0, 0.1) is 6.92 Å². The summed E-state index contributed by atoms with van der Waals surface area (Å²) in [6.07, 6.45) is -0.716. The van der Waals surface area contributed by atoms with E-state index in [4.69, 9.17) is 4.74 Å². The summed E-state index contributed by atoms with van der Waals surface area (Å²) in [4.78, 5) is 41.7. The minimum atomic E-state index is -1.12. The Morgan fingerprint density at radius 2 is 1.63 bits per heavy atom. The van der Waals surface area contributed by atoms with Gasteiger partial charge in [0.25, 0.3) is 0 Å². The van der Waals surface area contributed by atoms with Gasteiger partial charge in [0.1, 0.15) is 23.4 Å². The first-order valence-electron chi connectivity index (χ1n) is 12.7. The number of nitrogens with zero attached hydrogens (tertiary/aromatic N) is 1. The lowest BCUT2D eigenvalue weighted by Gasteiger charge is -2.35. The van der Waals surface area contributed by atoms with Crippen molar-refractivity contribution in [3.8, 4) is 5.75 Å². The van der Waals surface area contributed by atoms with Gasteiger partial charge in [-0.1, -0.05) is 42.0 Å². The van der Waals surface area contributed by atoms with E-state index in [0.29, 0.717) is 11.1 Å². The van der Waals surface area contributed by atoms with E-state index < -0.39 is 47.7 Å².